The Labute approximate surface area is 280 Å². The van der Waals surface area contributed by atoms with Gasteiger partial charge in [-0.3, -0.25) is 4.79 Å². The van der Waals surface area contributed by atoms with Gasteiger partial charge in [-0.1, -0.05) is 59.3 Å². The van der Waals surface area contributed by atoms with Crippen LogP contribution in [0.4, 0.5) is 0 Å². The van der Waals surface area contributed by atoms with E-state index in [-0.39, 0.29) is 46.5 Å². The number of phenolic OH excluding ortho intramolecular Hbond substituents is 1. The summed E-state index contributed by atoms with van der Waals surface area (Å²) in [6, 6.07) is 4.92. The Morgan fingerprint density at radius 1 is 0.979 bits per heavy atom. The molecular weight excluding hydrogens is 592 g/mol. The zero-order valence-corrected chi connectivity index (χ0v) is 29.5. The number of aliphatic carboxylic acids is 1. The third-order valence-corrected chi connectivity index (χ3v) is 15.1. The number of hydrogen-bond donors (Lipinski definition) is 3. The van der Waals surface area contributed by atoms with Crippen LogP contribution in [0.25, 0.3) is 6.08 Å². The molecule has 0 unspecified atom stereocenters. The summed E-state index contributed by atoms with van der Waals surface area (Å²) in [6.07, 6.45) is 12.7. The van der Waals surface area contributed by atoms with Crippen molar-refractivity contribution in [3.05, 3.63) is 41.5 Å². The Morgan fingerprint density at radius 3 is 2.43 bits per heavy atom. The fourth-order valence-electron chi connectivity index (χ4n) is 12.2. The van der Waals surface area contributed by atoms with E-state index in [1.807, 2.05) is 0 Å². The minimum Gasteiger partial charge on any atom is -0.504 e. The predicted molar refractivity (Wildman–Crippen MR) is 182 cm³/mol. The minimum atomic E-state index is -0.787. The molecule has 5 aliphatic rings. The Balaban J connectivity index is 1.40. The second kappa shape index (κ2) is 11.7. The number of carboxylic acids is 1. The van der Waals surface area contributed by atoms with Gasteiger partial charge in [-0.05, 0) is 127 Å². The molecule has 0 bridgehead atoms. The molecule has 3 N–H and O–H groups in total. The van der Waals surface area contributed by atoms with Gasteiger partial charge < -0.3 is 24.8 Å². The minimum absolute atomic E-state index is 0.0133. The van der Waals surface area contributed by atoms with Crippen molar-refractivity contribution in [2.45, 2.75) is 105 Å². The van der Waals surface area contributed by atoms with E-state index < -0.39 is 22.8 Å². The molecule has 10 atom stereocenters. The maximum Gasteiger partial charge on any atom is 0.330 e. The molecule has 5 aliphatic carbocycles. The number of carbonyl (C=O) groups excluding carboxylic acids is 1. The summed E-state index contributed by atoms with van der Waals surface area (Å²) in [5.41, 5.74) is 0.329. The Hall–Kier alpha value is -2.80. The fourth-order valence-corrected chi connectivity index (χ4v) is 12.2. The van der Waals surface area contributed by atoms with Crippen LogP contribution < -0.4 is 4.74 Å². The summed E-state index contributed by atoms with van der Waals surface area (Å²) in [7, 11) is 1.49. The van der Waals surface area contributed by atoms with Gasteiger partial charge >= 0.3 is 11.9 Å². The van der Waals surface area contributed by atoms with Crippen molar-refractivity contribution in [2.75, 3.05) is 13.7 Å². The van der Waals surface area contributed by atoms with Crippen molar-refractivity contribution in [1.82, 2.24) is 0 Å². The highest BCUT2D eigenvalue weighted by atomic mass is 16.5. The lowest BCUT2D eigenvalue weighted by Crippen LogP contribution is -2.67. The highest BCUT2D eigenvalue weighted by molar-refractivity contribution is 5.87. The summed E-state index contributed by atoms with van der Waals surface area (Å²) in [5.74, 6) is 0.499. The number of allylic oxidation sites excluding steroid dienone is 1. The van der Waals surface area contributed by atoms with E-state index >= 15 is 0 Å². The number of methoxy groups -OCH3 is 1. The van der Waals surface area contributed by atoms with Crippen molar-refractivity contribution in [2.24, 2.45) is 56.7 Å². The maximum atomic E-state index is 13.5. The van der Waals surface area contributed by atoms with E-state index in [1.54, 1.807) is 18.2 Å². The first-order chi connectivity index (χ1) is 22.1. The number of aliphatic hydroxyl groups is 1. The second-order valence-electron chi connectivity index (χ2n) is 17.1. The summed E-state index contributed by atoms with van der Waals surface area (Å²) in [4.78, 5) is 26.7. The average molecular weight is 649 g/mol. The predicted octanol–water partition coefficient (Wildman–Crippen LogP) is 8.04. The molecule has 7 nitrogen and oxygen atoms in total. The molecule has 4 saturated carbocycles. The van der Waals surface area contributed by atoms with Crippen molar-refractivity contribution in [1.29, 1.82) is 0 Å². The number of aliphatic hydroxyl groups excluding tert-OH is 1. The van der Waals surface area contributed by atoms with E-state index in [4.69, 9.17) is 9.47 Å². The second-order valence-corrected chi connectivity index (χ2v) is 17.1. The van der Waals surface area contributed by atoms with Crippen LogP contribution in [0.5, 0.6) is 11.5 Å². The van der Waals surface area contributed by atoms with E-state index in [1.165, 1.54) is 24.8 Å². The van der Waals surface area contributed by atoms with E-state index in [2.05, 4.69) is 47.6 Å². The van der Waals surface area contributed by atoms with Gasteiger partial charge in [0.25, 0.3) is 0 Å². The number of aromatic hydroxyl groups is 1. The summed E-state index contributed by atoms with van der Waals surface area (Å²) < 4.78 is 11.5. The van der Waals surface area contributed by atoms with Crippen LogP contribution in [0.1, 0.15) is 105 Å². The molecule has 0 aromatic heterocycles. The number of esters is 1. The summed E-state index contributed by atoms with van der Waals surface area (Å²) >= 11 is 0. The zero-order chi connectivity index (χ0) is 34.2. The Kier molecular flexibility index (Phi) is 8.46. The number of benzene rings is 1. The van der Waals surface area contributed by atoms with Gasteiger partial charge in [-0.2, -0.15) is 0 Å². The van der Waals surface area contributed by atoms with Crippen molar-refractivity contribution in [3.63, 3.8) is 0 Å². The average Bonchev–Trinajstić information content (AvgIpc) is 3.03. The SMILES string of the molecule is COc1cc(C=CC(=O)OC[C@@]23CC[C@@]4(C(=O)O)CC[C@@H](C)[C@H](C)[C@H]4C2=CC[C@@H]2[C@@]4(C)CC[C@H](O)C(C)(C)[C@H]4CC[C@]23C)ccc1O. The molecule has 0 radical (unpaired) electrons. The monoisotopic (exact) mass is 648 g/mol. The third kappa shape index (κ3) is 4.91. The van der Waals surface area contributed by atoms with Crippen LogP contribution in [-0.4, -0.2) is 47.1 Å². The molecular formula is C40H56O7. The third-order valence-electron chi connectivity index (χ3n) is 15.1. The topological polar surface area (TPSA) is 113 Å². The quantitative estimate of drug-likeness (QED) is 0.163. The number of carboxylic acid groups (broad SMARTS) is 1. The Morgan fingerprint density at radius 2 is 1.72 bits per heavy atom. The summed E-state index contributed by atoms with van der Waals surface area (Å²) in [6.45, 7) is 14.1. The Bertz CT molecular complexity index is 1480. The number of rotatable bonds is 6. The number of ether oxygens (including phenoxy) is 2. The molecule has 1 aromatic carbocycles. The lowest BCUT2D eigenvalue weighted by atomic mass is 9.33. The normalized spacial score (nSPS) is 42.3. The van der Waals surface area contributed by atoms with Gasteiger partial charge in [0.1, 0.15) is 6.61 Å². The van der Waals surface area contributed by atoms with Gasteiger partial charge in [0.2, 0.25) is 0 Å². The molecule has 258 valence electrons. The van der Waals surface area contributed by atoms with Crippen LogP contribution in [0.2, 0.25) is 0 Å². The van der Waals surface area contributed by atoms with E-state index in [0.29, 0.717) is 48.3 Å². The molecule has 0 heterocycles. The van der Waals surface area contributed by atoms with Crippen LogP contribution in [0.3, 0.4) is 0 Å². The van der Waals surface area contributed by atoms with Crippen molar-refractivity contribution >= 4 is 18.0 Å². The smallest absolute Gasteiger partial charge is 0.330 e. The van der Waals surface area contributed by atoms with E-state index in [9.17, 15) is 24.9 Å². The zero-order valence-electron chi connectivity index (χ0n) is 29.5. The highest BCUT2D eigenvalue weighted by Crippen LogP contribution is 2.76. The van der Waals surface area contributed by atoms with Crippen molar-refractivity contribution in [3.8, 4) is 11.5 Å². The number of hydrogen-bond acceptors (Lipinski definition) is 6. The van der Waals surface area contributed by atoms with Crippen molar-refractivity contribution < 1.29 is 34.4 Å². The molecule has 0 aliphatic heterocycles. The largest absolute Gasteiger partial charge is 0.504 e. The van der Waals surface area contributed by atoms with E-state index in [0.717, 1.165) is 38.5 Å². The maximum absolute atomic E-state index is 13.5. The first kappa shape index (κ1) is 34.1. The van der Waals surface area contributed by atoms with Crippen LogP contribution in [-0.2, 0) is 14.3 Å². The number of fused-ring (bicyclic) bond motifs is 7. The van der Waals surface area contributed by atoms with Gasteiger partial charge in [-0.25, -0.2) is 4.79 Å². The van der Waals surface area contributed by atoms with Gasteiger partial charge in [0.05, 0.1) is 18.6 Å². The summed E-state index contributed by atoms with van der Waals surface area (Å²) in [5, 5.41) is 32.0. The molecule has 47 heavy (non-hydrogen) atoms. The lowest BCUT2D eigenvalue weighted by molar-refractivity contribution is -0.218. The standard InChI is InChI=1S/C40H56O7/c1-24-14-19-39(35(44)45)20-21-40(23-47-33(43)13-9-26-8-11-28(41)29(22-26)46-7)27(34(39)25(24)2)10-12-31-37(5)17-16-32(42)36(3,4)30(37)15-18-38(31,40)6/h8-11,13,22,24-25,30-32,34,41-42H,12,14-21,23H2,1-7H3,(H,44,45)/t24-,25+,30-,31-,32+,34+,37+,38-,39+,40+/m1/s1. The van der Waals surface area contributed by atoms with Gasteiger partial charge in [0, 0.05) is 11.5 Å². The van der Waals surface area contributed by atoms with Crippen LogP contribution in [0.15, 0.2) is 35.9 Å². The highest BCUT2D eigenvalue weighted by Gasteiger charge is 2.71. The number of carbonyl (C=O) groups is 2. The van der Waals surface area contributed by atoms with Gasteiger partial charge in [0.15, 0.2) is 11.5 Å². The molecule has 4 fully saturated rings. The lowest BCUT2D eigenvalue weighted by Gasteiger charge is -2.71. The van der Waals surface area contributed by atoms with Crippen LogP contribution >= 0.6 is 0 Å². The molecule has 0 amide bonds. The fraction of sp³-hybridized carbons (Fsp3) is 0.700. The first-order valence-electron chi connectivity index (χ1n) is 17.9. The molecule has 1 aromatic rings. The molecule has 0 spiro atoms. The van der Waals surface area contributed by atoms with Gasteiger partial charge in [-0.15, -0.1) is 0 Å². The molecule has 0 saturated heterocycles. The van der Waals surface area contributed by atoms with Crippen LogP contribution in [0, 0.1) is 56.7 Å². The molecule has 6 rings (SSSR count). The molecule has 7 heteroatoms. The first-order valence-corrected chi connectivity index (χ1v) is 17.9. The number of phenols is 1.